The maximum atomic E-state index is 9.38. The molecule has 0 unspecified atom stereocenters. The highest BCUT2D eigenvalue weighted by atomic mass is 35.5. The van der Waals surface area contributed by atoms with Crippen LogP contribution in [0.1, 0.15) is 10.6 Å². The Morgan fingerprint density at radius 2 is 2.04 bits per heavy atom. The highest BCUT2D eigenvalue weighted by molar-refractivity contribution is 7.12. The Labute approximate surface area is 159 Å². The van der Waals surface area contributed by atoms with Crippen LogP contribution >= 0.6 is 34.5 Å². The van der Waals surface area contributed by atoms with Crippen LogP contribution in [0.2, 0.25) is 10.0 Å². The van der Waals surface area contributed by atoms with Gasteiger partial charge in [-0.05, 0) is 36.8 Å². The van der Waals surface area contributed by atoms with Crippen molar-refractivity contribution in [3.8, 4) is 17.3 Å². The number of rotatable bonds is 4. The number of aromatic nitrogens is 1. The van der Waals surface area contributed by atoms with Gasteiger partial charge in [-0.1, -0.05) is 41.4 Å². The van der Waals surface area contributed by atoms with Crippen LogP contribution in [-0.2, 0) is 0 Å². The van der Waals surface area contributed by atoms with Gasteiger partial charge in [0.2, 0.25) is 0 Å². The van der Waals surface area contributed by atoms with E-state index in [-0.39, 0.29) is 5.71 Å². The molecule has 124 valence electrons. The van der Waals surface area contributed by atoms with Crippen molar-refractivity contribution < 1.29 is 0 Å². The summed E-state index contributed by atoms with van der Waals surface area (Å²) in [6.07, 6.45) is 0. The van der Waals surface area contributed by atoms with E-state index in [1.54, 1.807) is 12.1 Å². The fourth-order valence-electron chi connectivity index (χ4n) is 2.13. The number of anilines is 1. The van der Waals surface area contributed by atoms with Gasteiger partial charge in [0.1, 0.15) is 6.07 Å². The Morgan fingerprint density at radius 1 is 1.20 bits per heavy atom. The van der Waals surface area contributed by atoms with Crippen molar-refractivity contribution in [1.29, 1.82) is 5.26 Å². The second kappa shape index (κ2) is 7.66. The summed E-state index contributed by atoms with van der Waals surface area (Å²) >= 11 is 13.3. The first-order valence-corrected chi connectivity index (χ1v) is 8.92. The van der Waals surface area contributed by atoms with Crippen LogP contribution in [0.3, 0.4) is 0 Å². The van der Waals surface area contributed by atoms with Gasteiger partial charge in [0.15, 0.2) is 10.7 Å². The maximum absolute atomic E-state index is 9.38. The Balaban J connectivity index is 1.85. The molecule has 0 atom stereocenters. The summed E-state index contributed by atoms with van der Waals surface area (Å²) in [6.45, 7) is 1.99. The molecule has 0 radical (unpaired) electrons. The van der Waals surface area contributed by atoms with Crippen LogP contribution < -0.4 is 5.43 Å². The fourth-order valence-corrected chi connectivity index (χ4v) is 3.19. The summed E-state index contributed by atoms with van der Waals surface area (Å²) in [4.78, 5) is 4.48. The molecule has 7 heteroatoms. The van der Waals surface area contributed by atoms with Crippen LogP contribution in [0.25, 0.3) is 11.3 Å². The Hall–Kier alpha value is -2.39. The first kappa shape index (κ1) is 17.4. The lowest BCUT2D eigenvalue weighted by Gasteiger charge is -2.01. The molecule has 3 rings (SSSR count). The number of hydrogen-bond donors (Lipinski definition) is 1. The summed E-state index contributed by atoms with van der Waals surface area (Å²) in [5.74, 6) is 0. The predicted molar refractivity (Wildman–Crippen MR) is 105 cm³/mol. The summed E-state index contributed by atoms with van der Waals surface area (Å²) in [6, 6.07) is 15.1. The number of nitriles is 1. The number of halogens is 2. The normalized spacial score (nSPS) is 11.2. The SMILES string of the molecule is Cc1cccc(NN=C(C#N)c2nc(-c3ccc(Cl)c(Cl)c3)cs2)c1. The number of nitrogens with zero attached hydrogens (tertiary/aromatic N) is 3. The molecule has 1 aromatic heterocycles. The van der Waals surface area contributed by atoms with Crippen LogP contribution in [0.4, 0.5) is 5.69 Å². The predicted octanol–water partition coefficient (Wildman–Crippen LogP) is 5.77. The minimum absolute atomic E-state index is 0.220. The second-order valence-electron chi connectivity index (χ2n) is 5.22. The van der Waals surface area contributed by atoms with Crippen molar-refractivity contribution in [3.05, 3.63) is 68.5 Å². The number of benzene rings is 2. The van der Waals surface area contributed by atoms with Crippen molar-refractivity contribution >= 4 is 45.9 Å². The van der Waals surface area contributed by atoms with Gasteiger partial charge < -0.3 is 0 Å². The van der Waals surface area contributed by atoms with Gasteiger partial charge >= 0.3 is 0 Å². The largest absolute Gasteiger partial charge is 0.277 e. The standard InChI is InChI=1S/C18H12Cl2N4S/c1-11-3-2-4-13(7-11)23-24-16(9-21)18-22-17(10-25-18)12-5-6-14(19)15(20)8-12/h2-8,10,23H,1H3. The molecule has 1 N–H and O–H groups in total. The molecule has 0 bridgehead atoms. The smallest absolute Gasteiger partial charge is 0.196 e. The second-order valence-corrected chi connectivity index (χ2v) is 6.89. The molecule has 0 fully saturated rings. The van der Waals surface area contributed by atoms with E-state index < -0.39 is 0 Å². The van der Waals surface area contributed by atoms with E-state index >= 15 is 0 Å². The van der Waals surface area contributed by atoms with Gasteiger partial charge in [-0.2, -0.15) is 10.4 Å². The molecule has 25 heavy (non-hydrogen) atoms. The fraction of sp³-hybridized carbons (Fsp3) is 0.0556. The van der Waals surface area contributed by atoms with Crippen LogP contribution in [0.5, 0.6) is 0 Å². The van der Waals surface area contributed by atoms with E-state index in [4.69, 9.17) is 23.2 Å². The van der Waals surface area contributed by atoms with Crippen LogP contribution in [0, 0.1) is 18.3 Å². The molecule has 4 nitrogen and oxygen atoms in total. The van der Waals surface area contributed by atoms with Gasteiger partial charge in [0, 0.05) is 10.9 Å². The lowest BCUT2D eigenvalue weighted by Crippen LogP contribution is -2.01. The van der Waals surface area contributed by atoms with Crippen molar-refractivity contribution in [2.75, 3.05) is 5.43 Å². The van der Waals surface area contributed by atoms with E-state index in [1.165, 1.54) is 11.3 Å². The number of aryl methyl sites for hydroxylation is 1. The molecular formula is C18H12Cl2N4S. The molecule has 0 saturated heterocycles. The third-order valence-corrected chi connectivity index (χ3v) is 4.93. The molecule has 2 aromatic carbocycles. The summed E-state index contributed by atoms with van der Waals surface area (Å²) in [5, 5.41) is 16.9. The molecule has 0 saturated carbocycles. The number of thiazole rings is 1. The lowest BCUT2D eigenvalue weighted by atomic mass is 10.2. The van der Waals surface area contributed by atoms with Crippen molar-refractivity contribution in [2.24, 2.45) is 5.10 Å². The molecule has 0 amide bonds. The quantitative estimate of drug-likeness (QED) is 0.457. The van der Waals surface area contributed by atoms with Crippen molar-refractivity contribution in [1.82, 2.24) is 4.98 Å². The van der Waals surface area contributed by atoms with Gasteiger partial charge in [-0.3, -0.25) is 5.43 Å². The zero-order valence-electron chi connectivity index (χ0n) is 13.1. The first-order valence-electron chi connectivity index (χ1n) is 7.28. The van der Waals surface area contributed by atoms with E-state index in [0.29, 0.717) is 15.1 Å². The summed E-state index contributed by atoms with van der Waals surface area (Å²) in [5.41, 5.74) is 6.59. The zero-order chi connectivity index (χ0) is 17.8. The Bertz CT molecular complexity index is 989. The first-order chi connectivity index (χ1) is 12.1. The Morgan fingerprint density at radius 3 is 2.76 bits per heavy atom. The van der Waals surface area contributed by atoms with Gasteiger partial charge in [0.05, 0.1) is 21.4 Å². The summed E-state index contributed by atoms with van der Waals surface area (Å²) in [7, 11) is 0. The third-order valence-electron chi connectivity index (χ3n) is 3.34. The number of hydrogen-bond acceptors (Lipinski definition) is 5. The van der Waals surface area contributed by atoms with E-state index in [9.17, 15) is 5.26 Å². The van der Waals surface area contributed by atoms with E-state index in [1.807, 2.05) is 42.6 Å². The Kier molecular flexibility index (Phi) is 5.34. The molecule has 0 aliphatic heterocycles. The highest BCUT2D eigenvalue weighted by Gasteiger charge is 2.11. The maximum Gasteiger partial charge on any atom is 0.196 e. The van der Waals surface area contributed by atoms with Crippen LogP contribution in [0.15, 0.2) is 52.9 Å². The molecule has 0 aliphatic rings. The van der Waals surface area contributed by atoms with Gasteiger partial charge in [-0.15, -0.1) is 11.3 Å². The molecule has 1 heterocycles. The van der Waals surface area contributed by atoms with E-state index in [0.717, 1.165) is 22.5 Å². The minimum Gasteiger partial charge on any atom is -0.277 e. The summed E-state index contributed by atoms with van der Waals surface area (Å²) < 4.78 is 0. The topological polar surface area (TPSA) is 61.1 Å². The van der Waals surface area contributed by atoms with Crippen LogP contribution in [-0.4, -0.2) is 10.7 Å². The highest BCUT2D eigenvalue weighted by Crippen LogP contribution is 2.29. The van der Waals surface area contributed by atoms with E-state index in [2.05, 4.69) is 21.6 Å². The molecule has 0 aliphatic carbocycles. The third kappa shape index (κ3) is 4.18. The number of hydrazone groups is 1. The lowest BCUT2D eigenvalue weighted by molar-refractivity contribution is 1.30. The van der Waals surface area contributed by atoms with Gasteiger partial charge in [0.25, 0.3) is 0 Å². The monoisotopic (exact) mass is 386 g/mol. The zero-order valence-corrected chi connectivity index (χ0v) is 15.5. The van der Waals surface area contributed by atoms with Crippen molar-refractivity contribution in [2.45, 2.75) is 6.92 Å². The van der Waals surface area contributed by atoms with Crippen molar-refractivity contribution in [3.63, 3.8) is 0 Å². The number of nitrogens with one attached hydrogen (secondary N) is 1. The van der Waals surface area contributed by atoms with Gasteiger partial charge in [-0.25, -0.2) is 4.98 Å². The molecule has 3 aromatic rings. The average molecular weight is 387 g/mol. The molecule has 0 spiro atoms. The molecular weight excluding hydrogens is 375 g/mol. The minimum atomic E-state index is 0.220. The average Bonchev–Trinajstić information content (AvgIpc) is 3.08.